The lowest BCUT2D eigenvalue weighted by Gasteiger charge is -2.31. The predicted octanol–water partition coefficient (Wildman–Crippen LogP) is 1.26. The van der Waals surface area contributed by atoms with Crippen LogP contribution in [0.15, 0.2) is 16.7 Å². The number of carbonyl (C=O) groups is 2. The molecular weight excluding hydrogens is 260 g/mol. The van der Waals surface area contributed by atoms with E-state index >= 15 is 0 Å². The van der Waals surface area contributed by atoms with Crippen molar-refractivity contribution in [2.45, 2.75) is 32.2 Å². The molecule has 1 fully saturated rings. The minimum Gasteiger partial charge on any atom is -0.481 e. The fourth-order valence-electron chi connectivity index (χ4n) is 2.41. The zero-order valence-corrected chi connectivity index (χ0v) is 11.6. The Bertz CT molecular complexity index is 475. The summed E-state index contributed by atoms with van der Waals surface area (Å²) in [6.07, 6.45) is 3.36. The third-order valence-corrected chi connectivity index (χ3v) is 3.63. The molecule has 2 heterocycles. The quantitative estimate of drug-likeness (QED) is 0.848. The summed E-state index contributed by atoms with van der Waals surface area (Å²) < 4.78 is 5.17. The van der Waals surface area contributed by atoms with Crippen LogP contribution < -0.4 is 5.32 Å². The van der Waals surface area contributed by atoms with Crippen molar-refractivity contribution in [1.82, 2.24) is 10.2 Å². The maximum absolute atomic E-state index is 12.0. The van der Waals surface area contributed by atoms with E-state index in [-0.39, 0.29) is 18.4 Å². The van der Waals surface area contributed by atoms with Crippen LogP contribution in [0.5, 0.6) is 0 Å². The molecule has 1 aromatic rings. The fraction of sp³-hybridized carbons (Fsp3) is 0.571. The van der Waals surface area contributed by atoms with Crippen molar-refractivity contribution in [2.75, 3.05) is 19.6 Å². The summed E-state index contributed by atoms with van der Waals surface area (Å²) in [5.41, 5.74) is 0.835. The molecule has 2 rings (SSSR count). The van der Waals surface area contributed by atoms with Crippen LogP contribution >= 0.6 is 0 Å². The predicted molar refractivity (Wildman–Crippen MR) is 72.6 cm³/mol. The summed E-state index contributed by atoms with van der Waals surface area (Å²) in [4.78, 5) is 24.6. The molecule has 0 saturated carbocycles. The lowest BCUT2D eigenvalue weighted by molar-refractivity contribution is -0.137. The van der Waals surface area contributed by atoms with Crippen LogP contribution in [0.2, 0.25) is 0 Å². The van der Waals surface area contributed by atoms with Gasteiger partial charge in [0.05, 0.1) is 12.7 Å². The monoisotopic (exact) mass is 280 g/mol. The van der Waals surface area contributed by atoms with E-state index in [0.29, 0.717) is 12.3 Å². The molecular formula is C14H20N2O4. The third-order valence-electron chi connectivity index (χ3n) is 3.63. The minimum atomic E-state index is -0.770. The van der Waals surface area contributed by atoms with E-state index < -0.39 is 5.97 Å². The Labute approximate surface area is 117 Å². The number of hydrogen-bond acceptors (Lipinski definition) is 4. The zero-order valence-electron chi connectivity index (χ0n) is 11.6. The third kappa shape index (κ3) is 3.84. The second-order valence-electron chi connectivity index (χ2n) is 5.17. The average molecular weight is 280 g/mol. The summed E-state index contributed by atoms with van der Waals surface area (Å²) >= 11 is 0. The van der Waals surface area contributed by atoms with Gasteiger partial charge in [-0.1, -0.05) is 0 Å². The average Bonchev–Trinajstić information content (AvgIpc) is 2.84. The standard InChI is InChI=1S/C14H20N2O4/c1-10-5-9-20-13(10)14(19)15-11-2-6-16(7-3-11)8-4-12(17)18/h5,9,11H,2-4,6-8H2,1H3,(H,15,19)(H,17,18). The molecule has 6 heteroatoms. The molecule has 1 amide bonds. The Morgan fingerprint density at radius 1 is 1.45 bits per heavy atom. The van der Waals surface area contributed by atoms with Gasteiger partial charge in [-0.3, -0.25) is 9.59 Å². The summed E-state index contributed by atoms with van der Waals surface area (Å²) in [6, 6.07) is 1.90. The summed E-state index contributed by atoms with van der Waals surface area (Å²) in [5, 5.41) is 11.6. The summed E-state index contributed by atoms with van der Waals surface area (Å²) in [5.74, 6) is -0.566. The molecule has 0 aromatic carbocycles. The van der Waals surface area contributed by atoms with Crippen molar-refractivity contribution in [3.8, 4) is 0 Å². The van der Waals surface area contributed by atoms with E-state index in [0.717, 1.165) is 31.5 Å². The van der Waals surface area contributed by atoms with Gasteiger partial charge in [0, 0.05) is 31.2 Å². The van der Waals surface area contributed by atoms with Crippen molar-refractivity contribution in [2.24, 2.45) is 0 Å². The molecule has 110 valence electrons. The highest BCUT2D eigenvalue weighted by molar-refractivity contribution is 5.92. The number of aliphatic carboxylic acids is 1. The molecule has 0 spiro atoms. The van der Waals surface area contributed by atoms with E-state index in [2.05, 4.69) is 10.2 Å². The molecule has 0 atom stereocenters. The SMILES string of the molecule is Cc1ccoc1C(=O)NC1CCN(CCC(=O)O)CC1. The number of piperidine rings is 1. The number of nitrogens with zero attached hydrogens (tertiary/aromatic N) is 1. The smallest absolute Gasteiger partial charge is 0.304 e. The zero-order chi connectivity index (χ0) is 14.5. The number of likely N-dealkylation sites (tertiary alicyclic amines) is 1. The fourth-order valence-corrected chi connectivity index (χ4v) is 2.41. The first kappa shape index (κ1) is 14.6. The van der Waals surface area contributed by atoms with E-state index in [1.54, 1.807) is 6.07 Å². The lowest BCUT2D eigenvalue weighted by Crippen LogP contribution is -2.45. The molecule has 0 bridgehead atoms. The number of nitrogens with one attached hydrogen (secondary N) is 1. The molecule has 1 saturated heterocycles. The lowest BCUT2D eigenvalue weighted by atomic mass is 10.0. The number of furan rings is 1. The van der Waals surface area contributed by atoms with Gasteiger partial charge < -0.3 is 19.7 Å². The number of carboxylic acids is 1. The Hall–Kier alpha value is -1.82. The van der Waals surface area contributed by atoms with Crippen LogP contribution in [-0.4, -0.2) is 47.6 Å². The maximum Gasteiger partial charge on any atom is 0.304 e. The van der Waals surface area contributed by atoms with Crippen LogP contribution in [0, 0.1) is 6.92 Å². The number of aryl methyl sites for hydroxylation is 1. The van der Waals surface area contributed by atoms with Crippen molar-refractivity contribution in [1.29, 1.82) is 0 Å². The Morgan fingerprint density at radius 3 is 2.70 bits per heavy atom. The highest BCUT2D eigenvalue weighted by Gasteiger charge is 2.22. The van der Waals surface area contributed by atoms with Crippen molar-refractivity contribution >= 4 is 11.9 Å². The van der Waals surface area contributed by atoms with Gasteiger partial charge in [0.2, 0.25) is 0 Å². The molecule has 0 radical (unpaired) electrons. The van der Waals surface area contributed by atoms with E-state index in [9.17, 15) is 9.59 Å². The first-order valence-corrected chi connectivity index (χ1v) is 6.85. The van der Waals surface area contributed by atoms with Crippen LogP contribution in [0.25, 0.3) is 0 Å². The van der Waals surface area contributed by atoms with Gasteiger partial charge >= 0.3 is 5.97 Å². The van der Waals surface area contributed by atoms with Gasteiger partial charge in [0.1, 0.15) is 0 Å². The molecule has 6 nitrogen and oxygen atoms in total. The normalized spacial score (nSPS) is 17.1. The van der Waals surface area contributed by atoms with Gasteiger partial charge in [-0.15, -0.1) is 0 Å². The second-order valence-corrected chi connectivity index (χ2v) is 5.17. The number of amides is 1. The minimum absolute atomic E-state index is 0.132. The Balaban J connectivity index is 1.76. The first-order chi connectivity index (χ1) is 9.56. The molecule has 1 aliphatic rings. The van der Waals surface area contributed by atoms with E-state index in [1.165, 1.54) is 6.26 Å². The van der Waals surface area contributed by atoms with E-state index in [1.807, 2.05) is 6.92 Å². The molecule has 20 heavy (non-hydrogen) atoms. The van der Waals surface area contributed by atoms with Crippen molar-refractivity contribution in [3.63, 3.8) is 0 Å². The van der Waals surface area contributed by atoms with Crippen LogP contribution in [-0.2, 0) is 4.79 Å². The number of carbonyl (C=O) groups excluding carboxylic acids is 1. The Morgan fingerprint density at radius 2 is 2.15 bits per heavy atom. The van der Waals surface area contributed by atoms with Crippen LogP contribution in [0.3, 0.4) is 0 Å². The maximum atomic E-state index is 12.0. The van der Waals surface area contributed by atoms with Crippen LogP contribution in [0.4, 0.5) is 0 Å². The molecule has 0 unspecified atom stereocenters. The second kappa shape index (κ2) is 6.56. The van der Waals surface area contributed by atoms with Gasteiger partial charge in [0.15, 0.2) is 5.76 Å². The van der Waals surface area contributed by atoms with Crippen LogP contribution in [0.1, 0.15) is 35.4 Å². The van der Waals surface area contributed by atoms with Gasteiger partial charge in [-0.05, 0) is 25.8 Å². The topological polar surface area (TPSA) is 82.8 Å². The largest absolute Gasteiger partial charge is 0.481 e. The van der Waals surface area contributed by atoms with Crippen molar-refractivity contribution in [3.05, 3.63) is 23.7 Å². The highest BCUT2D eigenvalue weighted by atomic mass is 16.4. The van der Waals surface area contributed by atoms with Gasteiger partial charge in [-0.25, -0.2) is 0 Å². The highest BCUT2D eigenvalue weighted by Crippen LogP contribution is 2.13. The first-order valence-electron chi connectivity index (χ1n) is 6.85. The van der Waals surface area contributed by atoms with Crippen molar-refractivity contribution < 1.29 is 19.1 Å². The molecule has 2 N–H and O–H groups in total. The summed E-state index contributed by atoms with van der Waals surface area (Å²) in [6.45, 7) is 4.05. The number of carboxylic acid groups (broad SMARTS) is 1. The molecule has 1 aromatic heterocycles. The molecule has 0 aliphatic carbocycles. The molecule has 1 aliphatic heterocycles. The van der Waals surface area contributed by atoms with Gasteiger partial charge in [0.25, 0.3) is 5.91 Å². The summed E-state index contributed by atoms with van der Waals surface area (Å²) in [7, 11) is 0. The number of hydrogen-bond donors (Lipinski definition) is 2. The van der Waals surface area contributed by atoms with Gasteiger partial charge in [-0.2, -0.15) is 0 Å². The Kier molecular flexibility index (Phi) is 4.79. The van der Waals surface area contributed by atoms with E-state index in [4.69, 9.17) is 9.52 Å². The number of rotatable bonds is 5.